The number of anilines is 3. The summed E-state index contributed by atoms with van der Waals surface area (Å²) in [5, 5.41) is 7.31. The number of halogens is 1. The van der Waals surface area contributed by atoms with Gasteiger partial charge < -0.3 is 20.4 Å². The number of benzene rings is 2. The van der Waals surface area contributed by atoms with E-state index in [4.69, 9.17) is 22.2 Å². The Morgan fingerprint density at radius 3 is 2.28 bits per heavy atom. The van der Waals surface area contributed by atoms with Gasteiger partial charge in [0.05, 0.1) is 0 Å². The zero-order chi connectivity index (χ0) is 26.7. The quantitative estimate of drug-likeness (QED) is 0.371. The lowest BCUT2D eigenvalue weighted by atomic mass is 9.69. The minimum absolute atomic E-state index is 0.0533. The first-order chi connectivity index (χ1) is 19.1. The number of thiocarbonyl (C=S) groups is 1. The van der Waals surface area contributed by atoms with E-state index >= 15 is 0 Å². The molecule has 8 heteroatoms. The smallest absolute Gasteiger partial charge is 0.232 e. The summed E-state index contributed by atoms with van der Waals surface area (Å²) in [6.45, 7) is 4.50. The predicted molar refractivity (Wildman–Crippen MR) is 160 cm³/mol. The third kappa shape index (κ3) is 5.86. The van der Waals surface area contributed by atoms with Crippen molar-refractivity contribution in [3.8, 4) is 0 Å². The van der Waals surface area contributed by atoms with Crippen molar-refractivity contribution in [3.05, 3.63) is 77.1 Å². The van der Waals surface area contributed by atoms with Crippen LogP contribution in [0.25, 0.3) is 0 Å². The van der Waals surface area contributed by atoms with Crippen LogP contribution in [0.2, 0.25) is 0 Å². The second-order valence-electron chi connectivity index (χ2n) is 11.2. The standard InChI is InChI=1S/C31H37FN6S/c32-26-12-10-25(11-13-26)31(15-4-1-5-16-31)22-33-30(39)36-29-34-27(37-17-6-7-18-37)20-28(35-29)38-19-14-23-8-2-3-9-24(23)21-38/h2-3,8-13,20H,1,4-7,14-19,21-22H2,(H2,33,34,35,36,39). The maximum atomic E-state index is 13.7. The van der Waals surface area contributed by atoms with Crippen LogP contribution in [0.5, 0.6) is 0 Å². The van der Waals surface area contributed by atoms with E-state index in [1.807, 2.05) is 12.1 Å². The van der Waals surface area contributed by atoms with Gasteiger partial charge in [-0.2, -0.15) is 9.97 Å². The number of fused-ring (bicyclic) bond motifs is 1. The summed E-state index contributed by atoms with van der Waals surface area (Å²) < 4.78 is 13.7. The minimum Gasteiger partial charge on any atom is -0.361 e. The van der Waals surface area contributed by atoms with Crippen LogP contribution >= 0.6 is 12.2 Å². The summed E-state index contributed by atoms with van der Waals surface area (Å²) in [4.78, 5) is 14.5. The van der Waals surface area contributed by atoms with Crippen molar-refractivity contribution in [2.75, 3.05) is 41.3 Å². The third-order valence-corrected chi connectivity index (χ3v) is 8.91. The lowest BCUT2D eigenvalue weighted by Gasteiger charge is -2.38. The molecule has 3 aliphatic rings. The largest absolute Gasteiger partial charge is 0.361 e. The highest BCUT2D eigenvalue weighted by atomic mass is 32.1. The molecule has 0 bridgehead atoms. The van der Waals surface area contributed by atoms with Gasteiger partial charge in [0.25, 0.3) is 0 Å². The monoisotopic (exact) mass is 544 g/mol. The molecule has 2 aromatic carbocycles. The molecule has 0 unspecified atom stereocenters. The van der Waals surface area contributed by atoms with Gasteiger partial charge in [0.15, 0.2) is 5.11 Å². The predicted octanol–water partition coefficient (Wildman–Crippen LogP) is 5.97. The molecule has 6 nitrogen and oxygen atoms in total. The van der Waals surface area contributed by atoms with E-state index in [1.165, 1.54) is 48.8 Å². The van der Waals surface area contributed by atoms with Gasteiger partial charge in [-0.05, 0) is 73.1 Å². The van der Waals surface area contributed by atoms with Gasteiger partial charge in [-0.15, -0.1) is 0 Å². The molecule has 2 aliphatic heterocycles. The Hall–Kier alpha value is -3.26. The molecule has 0 atom stereocenters. The Balaban J connectivity index is 1.20. The van der Waals surface area contributed by atoms with E-state index < -0.39 is 0 Å². The fraction of sp³-hybridized carbons (Fsp3) is 0.452. The molecule has 3 aromatic rings. The molecule has 0 spiro atoms. The first-order valence-electron chi connectivity index (χ1n) is 14.3. The molecule has 1 saturated carbocycles. The van der Waals surface area contributed by atoms with Crippen LogP contribution in [-0.2, 0) is 18.4 Å². The van der Waals surface area contributed by atoms with Crippen LogP contribution < -0.4 is 20.4 Å². The topological polar surface area (TPSA) is 56.3 Å². The summed E-state index contributed by atoms with van der Waals surface area (Å²) in [6, 6.07) is 17.8. The molecule has 39 heavy (non-hydrogen) atoms. The maximum Gasteiger partial charge on any atom is 0.232 e. The van der Waals surface area contributed by atoms with Crippen molar-refractivity contribution in [3.63, 3.8) is 0 Å². The molecule has 1 aromatic heterocycles. The SMILES string of the molecule is Fc1ccc(C2(CNC(=S)Nc3nc(N4CCCC4)cc(N4CCc5ccccc5C4)n3)CCCCC2)cc1. The van der Waals surface area contributed by atoms with E-state index in [-0.39, 0.29) is 11.2 Å². The molecule has 204 valence electrons. The molecule has 2 fully saturated rings. The highest BCUT2D eigenvalue weighted by molar-refractivity contribution is 7.80. The highest BCUT2D eigenvalue weighted by Gasteiger charge is 2.34. The van der Waals surface area contributed by atoms with Crippen molar-refractivity contribution in [1.82, 2.24) is 15.3 Å². The maximum absolute atomic E-state index is 13.7. The Kier molecular flexibility index (Phi) is 7.64. The summed E-state index contributed by atoms with van der Waals surface area (Å²) in [7, 11) is 0. The van der Waals surface area contributed by atoms with Gasteiger partial charge in [0.1, 0.15) is 17.5 Å². The minimum atomic E-state index is -0.196. The fourth-order valence-corrected chi connectivity index (χ4v) is 6.60. The van der Waals surface area contributed by atoms with Gasteiger partial charge in [0.2, 0.25) is 5.95 Å². The Labute approximate surface area is 236 Å². The number of nitrogens with one attached hydrogen (secondary N) is 2. The second-order valence-corrected chi connectivity index (χ2v) is 11.6. The van der Waals surface area contributed by atoms with Crippen LogP contribution in [0, 0.1) is 5.82 Å². The summed E-state index contributed by atoms with van der Waals surface area (Å²) in [5.74, 6) is 2.22. The van der Waals surface area contributed by atoms with Crippen molar-refractivity contribution in [2.45, 2.75) is 63.3 Å². The molecular weight excluding hydrogens is 507 g/mol. The number of hydrogen-bond donors (Lipinski definition) is 2. The second kappa shape index (κ2) is 11.5. The van der Waals surface area contributed by atoms with Crippen LogP contribution in [0.4, 0.5) is 22.0 Å². The molecule has 0 radical (unpaired) electrons. The van der Waals surface area contributed by atoms with Crippen molar-refractivity contribution < 1.29 is 4.39 Å². The average molecular weight is 545 g/mol. The molecule has 3 heterocycles. The first kappa shape index (κ1) is 26.0. The lowest BCUT2D eigenvalue weighted by molar-refractivity contribution is 0.292. The van der Waals surface area contributed by atoms with E-state index in [0.717, 1.165) is 57.1 Å². The molecule has 6 rings (SSSR count). The van der Waals surface area contributed by atoms with Gasteiger partial charge in [-0.3, -0.25) is 0 Å². The lowest BCUT2D eigenvalue weighted by Crippen LogP contribution is -2.43. The van der Waals surface area contributed by atoms with E-state index in [2.05, 4.69) is 50.8 Å². The van der Waals surface area contributed by atoms with Crippen molar-refractivity contribution in [1.29, 1.82) is 0 Å². The number of hydrogen-bond acceptors (Lipinski definition) is 5. The third-order valence-electron chi connectivity index (χ3n) is 8.66. The molecular formula is C31H37FN6S. The number of nitrogens with zero attached hydrogens (tertiary/aromatic N) is 4. The molecule has 1 saturated heterocycles. The van der Waals surface area contributed by atoms with Crippen LogP contribution in [-0.4, -0.2) is 41.3 Å². The van der Waals surface area contributed by atoms with Crippen LogP contribution in [0.3, 0.4) is 0 Å². The van der Waals surface area contributed by atoms with Gasteiger partial charge in [0, 0.05) is 44.2 Å². The van der Waals surface area contributed by atoms with Crippen LogP contribution in [0.15, 0.2) is 54.6 Å². The summed E-state index contributed by atoms with van der Waals surface area (Å²) in [6.07, 6.45) is 9.09. The zero-order valence-corrected chi connectivity index (χ0v) is 23.3. The van der Waals surface area contributed by atoms with E-state index in [0.29, 0.717) is 17.6 Å². The van der Waals surface area contributed by atoms with Crippen molar-refractivity contribution >= 4 is 34.9 Å². The molecule has 0 amide bonds. The van der Waals surface area contributed by atoms with E-state index in [9.17, 15) is 4.39 Å². The van der Waals surface area contributed by atoms with Crippen LogP contribution in [0.1, 0.15) is 61.6 Å². The number of rotatable bonds is 6. The Bertz CT molecular complexity index is 1300. The molecule has 1 aliphatic carbocycles. The highest BCUT2D eigenvalue weighted by Crippen LogP contribution is 2.39. The van der Waals surface area contributed by atoms with Gasteiger partial charge in [-0.25, -0.2) is 4.39 Å². The summed E-state index contributed by atoms with van der Waals surface area (Å²) in [5.41, 5.74) is 3.90. The molecule has 2 N–H and O–H groups in total. The fourth-order valence-electron chi connectivity index (χ4n) is 6.43. The Morgan fingerprint density at radius 1 is 0.846 bits per heavy atom. The van der Waals surface area contributed by atoms with Gasteiger partial charge >= 0.3 is 0 Å². The average Bonchev–Trinajstić information content (AvgIpc) is 3.52. The zero-order valence-electron chi connectivity index (χ0n) is 22.5. The van der Waals surface area contributed by atoms with Gasteiger partial charge in [-0.1, -0.05) is 55.7 Å². The van der Waals surface area contributed by atoms with Crippen molar-refractivity contribution in [2.24, 2.45) is 0 Å². The Morgan fingerprint density at radius 2 is 1.54 bits per heavy atom. The van der Waals surface area contributed by atoms with E-state index in [1.54, 1.807) is 12.1 Å². The number of aromatic nitrogens is 2. The summed E-state index contributed by atoms with van der Waals surface area (Å²) >= 11 is 5.77. The first-order valence-corrected chi connectivity index (χ1v) is 14.8. The normalized spacial score (nSPS) is 18.5.